The summed E-state index contributed by atoms with van der Waals surface area (Å²) in [4.78, 5) is 22.1. The molecule has 0 aromatic heterocycles. The van der Waals surface area contributed by atoms with Crippen LogP contribution in [0.15, 0.2) is 42.5 Å². The minimum Gasteiger partial charge on any atom is -0.475 e. The second-order valence-corrected chi connectivity index (χ2v) is 4.51. The van der Waals surface area contributed by atoms with E-state index in [1.807, 2.05) is 38.1 Å². The molecule has 1 N–H and O–H groups in total. The summed E-state index contributed by atoms with van der Waals surface area (Å²) in [5.74, 6) is -2.32. The summed E-state index contributed by atoms with van der Waals surface area (Å²) in [6, 6.07) is 12.7. The number of carbonyl (C=O) groups is 2. The quantitative estimate of drug-likeness (QED) is 0.675. The summed E-state index contributed by atoms with van der Waals surface area (Å²) in [5.41, 5.74) is 4.37. The number of Topliss-reactive ketones (excluding diaryl/α,β-unsaturated/α-hetero) is 1. The van der Waals surface area contributed by atoms with Crippen LogP contribution in [0.4, 0.5) is 0 Å². The monoisotopic (exact) mass is 254 g/mol. The van der Waals surface area contributed by atoms with E-state index in [9.17, 15) is 9.59 Å². The Hall–Kier alpha value is -2.42. The van der Waals surface area contributed by atoms with Gasteiger partial charge in [0.1, 0.15) is 0 Å². The van der Waals surface area contributed by atoms with E-state index < -0.39 is 11.8 Å². The van der Waals surface area contributed by atoms with Gasteiger partial charge in [-0.15, -0.1) is 0 Å². The fourth-order valence-corrected chi connectivity index (χ4v) is 1.88. The summed E-state index contributed by atoms with van der Waals surface area (Å²) in [7, 11) is 0. The molecule has 3 heteroatoms. The molecule has 2 rings (SSSR count). The average molecular weight is 254 g/mol. The van der Waals surface area contributed by atoms with Crippen LogP contribution < -0.4 is 0 Å². The minimum absolute atomic E-state index is 0.197. The highest BCUT2D eigenvalue weighted by Gasteiger charge is 2.14. The first-order valence-electron chi connectivity index (χ1n) is 5.94. The number of benzene rings is 2. The Bertz CT molecular complexity index is 657. The molecule has 0 heterocycles. The second-order valence-electron chi connectivity index (χ2n) is 4.51. The zero-order valence-corrected chi connectivity index (χ0v) is 10.8. The van der Waals surface area contributed by atoms with Gasteiger partial charge in [0.05, 0.1) is 0 Å². The Labute approximate surface area is 111 Å². The van der Waals surface area contributed by atoms with Gasteiger partial charge in [0.25, 0.3) is 5.78 Å². The van der Waals surface area contributed by atoms with E-state index in [1.54, 1.807) is 12.1 Å². The van der Waals surface area contributed by atoms with Crippen LogP contribution in [0.2, 0.25) is 0 Å². The van der Waals surface area contributed by atoms with Crippen LogP contribution in [0.3, 0.4) is 0 Å². The Kier molecular flexibility index (Phi) is 3.47. The van der Waals surface area contributed by atoms with Crippen LogP contribution >= 0.6 is 0 Å². The highest BCUT2D eigenvalue weighted by molar-refractivity contribution is 6.39. The summed E-state index contributed by atoms with van der Waals surface area (Å²) >= 11 is 0. The minimum atomic E-state index is -1.43. The van der Waals surface area contributed by atoms with Gasteiger partial charge in [0, 0.05) is 5.56 Å². The molecule has 0 amide bonds. The molecule has 0 unspecified atom stereocenters. The predicted octanol–water partition coefficient (Wildman–Crippen LogP) is 3.24. The van der Waals surface area contributed by atoms with Gasteiger partial charge in [-0.05, 0) is 42.2 Å². The fourth-order valence-electron chi connectivity index (χ4n) is 1.88. The lowest BCUT2D eigenvalue weighted by Gasteiger charge is -2.06. The summed E-state index contributed by atoms with van der Waals surface area (Å²) in [6.07, 6.45) is 0. The third-order valence-electron chi connectivity index (χ3n) is 3.16. The summed E-state index contributed by atoms with van der Waals surface area (Å²) < 4.78 is 0. The standard InChI is InChI=1S/C16H14O3/c1-10-6-7-13(8-11(10)2)12-4-3-5-14(9-12)15(17)16(18)19/h3-9H,1-2H3,(H,18,19). The van der Waals surface area contributed by atoms with Crippen LogP contribution in [0, 0.1) is 13.8 Å². The van der Waals surface area contributed by atoms with Crippen LogP contribution in [-0.2, 0) is 4.79 Å². The zero-order valence-electron chi connectivity index (χ0n) is 10.8. The first kappa shape index (κ1) is 13.0. The second kappa shape index (κ2) is 5.06. The molecule has 0 atom stereocenters. The van der Waals surface area contributed by atoms with Crippen molar-refractivity contribution >= 4 is 11.8 Å². The van der Waals surface area contributed by atoms with E-state index >= 15 is 0 Å². The van der Waals surface area contributed by atoms with Crippen molar-refractivity contribution in [3.63, 3.8) is 0 Å². The first-order chi connectivity index (χ1) is 8.99. The van der Waals surface area contributed by atoms with Gasteiger partial charge in [-0.2, -0.15) is 0 Å². The highest BCUT2D eigenvalue weighted by atomic mass is 16.4. The van der Waals surface area contributed by atoms with Gasteiger partial charge >= 0.3 is 5.97 Å². The number of ketones is 1. The average Bonchev–Trinajstić information content (AvgIpc) is 2.41. The van der Waals surface area contributed by atoms with Crippen molar-refractivity contribution in [2.45, 2.75) is 13.8 Å². The maximum absolute atomic E-state index is 11.4. The lowest BCUT2D eigenvalue weighted by molar-refractivity contribution is -0.131. The van der Waals surface area contributed by atoms with Crippen LogP contribution in [0.1, 0.15) is 21.5 Å². The maximum Gasteiger partial charge on any atom is 0.377 e. The van der Waals surface area contributed by atoms with E-state index in [0.29, 0.717) is 0 Å². The molecule has 96 valence electrons. The third-order valence-corrected chi connectivity index (χ3v) is 3.16. The number of carboxylic acid groups (broad SMARTS) is 1. The van der Waals surface area contributed by atoms with Crippen molar-refractivity contribution in [1.29, 1.82) is 0 Å². The van der Waals surface area contributed by atoms with Crippen molar-refractivity contribution in [2.75, 3.05) is 0 Å². The number of carboxylic acids is 1. The molecule has 0 fully saturated rings. The molecule has 0 aliphatic heterocycles. The molecule has 0 bridgehead atoms. The Morgan fingerprint density at radius 2 is 1.58 bits per heavy atom. The summed E-state index contributed by atoms with van der Waals surface area (Å²) in [5, 5.41) is 8.73. The number of hydrogen-bond acceptors (Lipinski definition) is 2. The van der Waals surface area contributed by atoms with Crippen molar-refractivity contribution in [2.24, 2.45) is 0 Å². The largest absolute Gasteiger partial charge is 0.475 e. The van der Waals surface area contributed by atoms with E-state index in [-0.39, 0.29) is 5.56 Å². The van der Waals surface area contributed by atoms with Crippen LogP contribution in [-0.4, -0.2) is 16.9 Å². The maximum atomic E-state index is 11.4. The van der Waals surface area contributed by atoms with Crippen molar-refractivity contribution in [3.05, 3.63) is 59.2 Å². The molecule has 0 spiro atoms. The Balaban J connectivity index is 2.46. The van der Waals surface area contributed by atoms with Crippen molar-refractivity contribution < 1.29 is 14.7 Å². The Morgan fingerprint density at radius 1 is 0.895 bits per heavy atom. The van der Waals surface area contributed by atoms with Crippen LogP contribution in [0.25, 0.3) is 11.1 Å². The smallest absolute Gasteiger partial charge is 0.377 e. The molecular weight excluding hydrogens is 240 g/mol. The number of carbonyl (C=O) groups excluding carboxylic acids is 1. The summed E-state index contributed by atoms with van der Waals surface area (Å²) in [6.45, 7) is 4.05. The SMILES string of the molecule is Cc1ccc(-c2cccc(C(=O)C(=O)O)c2)cc1C. The van der Waals surface area contributed by atoms with Crippen molar-refractivity contribution in [3.8, 4) is 11.1 Å². The number of rotatable bonds is 3. The third kappa shape index (κ3) is 2.71. The number of aliphatic carboxylic acids is 1. The van der Waals surface area contributed by atoms with Gasteiger partial charge in [-0.1, -0.05) is 36.4 Å². The topological polar surface area (TPSA) is 54.4 Å². The van der Waals surface area contributed by atoms with Crippen molar-refractivity contribution in [1.82, 2.24) is 0 Å². The lowest BCUT2D eigenvalue weighted by atomic mass is 9.98. The number of aryl methyl sites for hydroxylation is 2. The van der Waals surface area contributed by atoms with E-state index in [2.05, 4.69) is 0 Å². The lowest BCUT2D eigenvalue weighted by Crippen LogP contribution is -2.12. The highest BCUT2D eigenvalue weighted by Crippen LogP contribution is 2.23. The molecule has 2 aromatic rings. The molecule has 0 aliphatic carbocycles. The molecular formula is C16H14O3. The van der Waals surface area contributed by atoms with Crippen LogP contribution in [0.5, 0.6) is 0 Å². The van der Waals surface area contributed by atoms with Gasteiger partial charge in [-0.3, -0.25) is 4.79 Å². The first-order valence-corrected chi connectivity index (χ1v) is 5.94. The van der Waals surface area contributed by atoms with E-state index in [0.717, 1.165) is 16.7 Å². The molecule has 0 saturated carbocycles. The predicted molar refractivity (Wildman–Crippen MR) is 73.3 cm³/mol. The molecule has 3 nitrogen and oxygen atoms in total. The molecule has 0 saturated heterocycles. The van der Waals surface area contributed by atoms with Gasteiger partial charge < -0.3 is 5.11 Å². The molecule has 0 radical (unpaired) electrons. The number of hydrogen-bond donors (Lipinski definition) is 1. The fraction of sp³-hybridized carbons (Fsp3) is 0.125. The molecule has 19 heavy (non-hydrogen) atoms. The Morgan fingerprint density at radius 3 is 2.21 bits per heavy atom. The molecule has 0 aliphatic rings. The van der Waals surface area contributed by atoms with Gasteiger partial charge in [0.2, 0.25) is 0 Å². The van der Waals surface area contributed by atoms with Gasteiger partial charge in [0.15, 0.2) is 0 Å². The van der Waals surface area contributed by atoms with Gasteiger partial charge in [-0.25, -0.2) is 4.79 Å². The normalized spacial score (nSPS) is 10.2. The van der Waals surface area contributed by atoms with E-state index in [4.69, 9.17) is 5.11 Å². The van der Waals surface area contributed by atoms with E-state index in [1.165, 1.54) is 11.6 Å². The zero-order chi connectivity index (χ0) is 14.0. The molecule has 2 aromatic carbocycles.